The second-order valence-electron chi connectivity index (χ2n) is 9.92. The molecule has 0 aliphatic carbocycles. The van der Waals surface area contributed by atoms with Crippen LogP contribution >= 0.6 is 0 Å². The van der Waals surface area contributed by atoms with Gasteiger partial charge in [0.15, 0.2) is 21.0 Å². The summed E-state index contributed by atoms with van der Waals surface area (Å²) in [5.74, 6) is 2.49. The highest BCUT2D eigenvalue weighted by Crippen LogP contribution is 2.34. The van der Waals surface area contributed by atoms with Crippen LogP contribution in [-0.4, -0.2) is 22.9 Å². The predicted molar refractivity (Wildman–Crippen MR) is 163 cm³/mol. The zero-order chi connectivity index (χ0) is 28.4. The molecule has 1 aliphatic heterocycles. The molecule has 1 aliphatic rings. The second-order valence-corrected chi connectivity index (χ2v) is 11.9. The van der Waals surface area contributed by atoms with E-state index in [1.54, 1.807) is 24.8 Å². The molecule has 1 saturated heterocycles. The SMILES string of the molecule is c1cc(COc2ccc([S+](c3ccc(OCc4ccncc4)cc3)c3ccc(OC4CCCCO4)cc3)cc2)ccn1. The van der Waals surface area contributed by atoms with Gasteiger partial charge < -0.3 is 18.9 Å². The smallest absolute Gasteiger partial charge is 0.199 e. The lowest BCUT2D eigenvalue weighted by molar-refractivity contribution is -0.105. The van der Waals surface area contributed by atoms with Gasteiger partial charge in [-0.3, -0.25) is 9.97 Å². The first-order chi connectivity index (χ1) is 20.8. The van der Waals surface area contributed by atoms with Crippen LogP contribution in [0, 0.1) is 0 Å². The van der Waals surface area contributed by atoms with Crippen LogP contribution in [0.1, 0.15) is 30.4 Å². The van der Waals surface area contributed by atoms with Crippen molar-refractivity contribution < 1.29 is 18.9 Å². The number of rotatable bonds is 11. The molecule has 0 radical (unpaired) electrons. The average Bonchev–Trinajstić information content (AvgIpc) is 3.06. The first kappa shape index (κ1) is 27.8. The molecule has 3 heterocycles. The van der Waals surface area contributed by atoms with Crippen molar-refractivity contribution in [3.05, 3.63) is 133 Å². The molecular formula is C35H33N2O4S+. The minimum atomic E-state index is -0.340. The standard InChI is InChI=1S/C35H33N2O4S/c1-2-24-38-35(3-1)41-31-8-14-34(15-9-31)42(32-10-4-29(5-11-32)39-25-27-16-20-36-21-17-27)33-12-6-30(7-13-33)40-26-28-18-22-37-23-19-28/h4-23,35H,1-3,24-26H2/q+1. The third kappa shape index (κ3) is 7.49. The Morgan fingerprint density at radius 3 is 1.45 bits per heavy atom. The maximum absolute atomic E-state index is 6.10. The predicted octanol–water partition coefficient (Wildman–Crippen LogP) is 7.64. The number of aromatic nitrogens is 2. The van der Waals surface area contributed by atoms with Crippen LogP contribution in [0.25, 0.3) is 0 Å². The monoisotopic (exact) mass is 577 g/mol. The molecule has 2 aromatic heterocycles. The molecule has 3 aromatic carbocycles. The molecule has 1 unspecified atom stereocenters. The Bertz CT molecular complexity index is 1420. The van der Waals surface area contributed by atoms with Crippen LogP contribution in [0.3, 0.4) is 0 Å². The highest BCUT2D eigenvalue weighted by atomic mass is 32.2. The van der Waals surface area contributed by atoms with E-state index in [-0.39, 0.29) is 17.2 Å². The summed E-state index contributed by atoms with van der Waals surface area (Å²) >= 11 is 0. The highest BCUT2D eigenvalue weighted by molar-refractivity contribution is 7.97. The summed E-state index contributed by atoms with van der Waals surface area (Å²) in [5.41, 5.74) is 2.17. The fourth-order valence-electron chi connectivity index (χ4n) is 4.65. The number of ether oxygens (including phenoxy) is 4. The number of benzene rings is 3. The van der Waals surface area contributed by atoms with Crippen LogP contribution in [0.2, 0.25) is 0 Å². The number of nitrogens with zero attached hydrogens (tertiary/aromatic N) is 2. The summed E-state index contributed by atoms with van der Waals surface area (Å²) in [7, 11) is -0.340. The lowest BCUT2D eigenvalue weighted by Crippen LogP contribution is -2.24. The van der Waals surface area contributed by atoms with Gasteiger partial charge in [-0.1, -0.05) is 0 Å². The summed E-state index contributed by atoms with van der Waals surface area (Å²) < 4.78 is 23.9. The normalized spacial score (nSPS) is 14.8. The highest BCUT2D eigenvalue weighted by Gasteiger charge is 2.29. The van der Waals surface area contributed by atoms with E-state index in [9.17, 15) is 0 Å². The van der Waals surface area contributed by atoms with E-state index in [0.29, 0.717) is 13.2 Å². The lowest BCUT2D eigenvalue weighted by atomic mass is 10.2. The molecule has 6 rings (SSSR count). The van der Waals surface area contributed by atoms with Gasteiger partial charge in [-0.25, -0.2) is 0 Å². The van der Waals surface area contributed by atoms with Gasteiger partial charge >= 0.3 is 0 Å². The Morgan fingerprint density at radius 1 is 0.571 bits per heavy atom. The van der Waals surface area contributed by atoms with Crippen molar-refractivity contribution >= 4 is 10.9 Å². The molecule has 1 fully saturated rings. The van der Waals surface area contributed by atoms with E-state index in [2.05, 4.69) is 46.4 Å². The van der Waals surface area contributed by atoms with E-state index in [0.717, 1.165) is 54.2 Å². The molecule has 212 valence electrons. The summed E-state index contributed by atoms with van der Waals surface area (Å²) in [5, 5.41) is 0. The molecule has 7 heteroatoms. The van der Waals surface area contributed by atoms with E-state index in [1.165, 1.54) is 14.7 Å². The van der Waals surface area contributed by atoms with Crippen molar-refractivity contribution in [3.63, 3.8) is 0 Å². The number of hydrogen-bond donors (Lipinski definition) is 0. The molecule has 0 bridgehead atoms. The Hall–Kier alpha value is -4.33. The fourth-order valence-corrected chi connectivity index (χ4v) is 6.69. The van der Waals surface area contributed by atoms with Gasteiger partial charge in [0.05, 0.1) is 17.5 Å². The molecule has 0 saturated carbocycles. The second kappa shape index (κ2) is 14.0. The van der Waals surface area contributed by atoms with E-state index >= 15 is 0 Å². The third-order valence-electron chi connectivity index (χ3n) is 6.89. The summed E-state index contributed by atoms with van der Waals surface area (Å²) in [6.07, 6.45) is 10.1. The zero-order valence-electron chi connectivity index (χ0n) is 23.3. The van der Waals surface area contributed by atoms with E-state index in [1.807, 2.05) is 60.7 Å². The molecule has 0 amide bonds. The van der Waals surface area contributed by atoms with Gasteiger partial charge in [-0.15, -0.1) is 0 Å². The first-order valence-electron chi connectivity index (χ1n) is 14.2. The zero-order valence-corrected chi connectivity index (χ0v) is 24.1. The van der Waals surface area contributed by atoms with Crippen LogP contribution in [-0.2, 0) is 28.8 Å². The molecule has 5 aromatic rings. The van der Waals surface area contributed by atoms with Crippen LogP contribution in [0.4, 0.5) is 0 Å². The lowest BCUT2D eigenvalue weighted by Gasteiger charge is -2.23. The Balaban J connectivity index is 1.21. The van der Waals surface area contributed by atoms with Crippen molar-refractivity contribution in [2.45, 2.75) is 53.5 Å². The Morgan fingerprint density at radius 2 is 1.02 bits per heavy atom. The summed E-state index contributed by atoms with van der Waals surface area (Å²) in [6.45, 7) is 1.76. The van der Waals surface area contributed by atoms with Crippen LogP contribution in [0.5, 0.6) is 17.2 Å². The van der Waals surface area contributed by atoms with Gasteiger partial charge in [0, 0.05) is 31.2 Å². The Labute approximate surface area is 249 Å². The van der Waals surface area contributed by atoms with Crippen molar-refractivity contribution in [1.29, 1.82) is 0 Å². The third-order valence-corrected chi connectivity index (χ3v) is 9.12. The van der Waals surface area contributed by atoms with Gasteiger partial charge in [0.2, 0.25) is 0 Å². The summed E-state index contributed by atoms with van der Waals surface area (Å²) in [6, 6.07) is 33.0. The Kier molecular flexibility index (Phi) is 9.29. The van der Waals surface area contributed by atoms with Gasteiger partial charge in [-0.05, 0) is 121 Å². The van der Waals surface area contributed by atoms with Crippen molar-refractivity contribution in [2.24, 2.45) is 0 Å². The minimum absolute atomic E-state index is 0.165. The number of hydrogen-bond acceptors (Lipinski definition) is 6. The first-order valence-corrected chi connectivity index (χ1v) is 15.4. The van der Waals surface area contributed by atoms with Crippen LogP contribution < -0.4 is 14.2 Å². The largest absolute Gasteiger partial charge is 0.489 e. The fraction of sp³-hybridized carbons (Fsp3) is 0.200. The molecule has 0 spiro atoms. The molecule has 1 atom stereocenters. The average molecular weight is 578 g/mol. The molecule has 6 nitrogen and oxygen atoms in total. The van der Waals surface area contributed by atoms with Crippen molar-refractivity contribution in [3.8, 4) is 17.2 Å². The van der Waals surface area contributed by atoms with Crippen molar-refractivity contribution in [1.82, 2.24) is 9.97 Å². The quantitative estimate of drug-likeness (QED) is 0.150. The van der Waals surface area contributed by atoms with Crippen molar-refractivity contribution in [2.75, 3.05) is 6.61 Å². The van der Waals surface area contributed by atoms with Gasteiger partial charge in [0.1, 0.15) is 30.5 Å². The van der Waals surface area contributed by atoms with E-state index < -0.39 is 0 Å². The minimum Gasteiger partial charge on any atom is -0.489 e. The maximum Gasteiger partial charge on any atom is 0.199 e. The van der Waals surface area contributed by atoms with E-state index in [4.69, 9.17) is 18.9 Å². The maximum atomic E-state index is 6.10. The van der Waals surface area contributed by atoms with Gasteiger partial charge in [0.25, 0.3) is 0 Å². The van der Waals surface area contributed by atoms with Crippen LogP contribution in [0.15, 0.2) is 137 Å². The van der Waals surface area contributed by atoms with Gasteiger partial charge in [-0.2, -0.15) is 0 Å². The summed E-state index contributed by atoms with van der Waals surface area (Å²) in [4.78, 5) is 11.7. The molecule has 42 heavy (non-hydrogen) atoms. The number of pyridine rings is 2. The molecule has 0 N–H and O–H groups in total. The molecular weight excluding hydrogens is 544 g/mol. The topological polar surface area (TPSA) is 62.7 Å².